The van der Waals surface area contributed by atoms with Crippen LogP contribution in [0.25, 0.3) is 10.9 Å². The normalized spacial score (nSPS) is 10.7. The molecule has 3 aromatic rings. The number of pyridine rings is 1. The Labute approximate surface area is 134 Å². The molecule has 0 aliphatic rings. The first-order valence-corrected chi connectivity index (χ1v) is 7.47. The van der Waals surface area contributed by atoms with Gasteiger partial charge in [0.05, 0.1) is 0 Å². The van der Waals surface area contributed by atoms with Gasteiger partial charge in [-0.3, -0.25) is 9.59 Å². The summed E-state index contributed by atoms with van der Waals surface area (Å²) in [6.07, 6.45) is 0. The van der Waals surface area contributed by atoms with E-state index in [4.69, 9.17) is 0 Å². The molecule has 116 valence electrons. The Morgan fingerprint density at radius 3 is 2.52 bits per heavy atom. The molecule has 0 unspecified atom stereocenters. The SMILES string of the molecule is Cc1ccc(C(=O)N(C)Cc2cc(=O)[nH]c3ccccc23)cc1. The van der Waals surface area contributed by atoms with Gasteiger partial charge in [0.1, 0.15) is 0 Å². The van der Waals surface area contributed by atoms with Crippen LogP contribution in [-0.4, -0.2) is 22.8 Å². The summed E-state index contributed by atoms with van der Waals surface area (Å²) in [6, 6.07) is 16.7. The lowest BCUT2D eigenvalue weighted by Gasteiger charge is -2.18. The molecule has 0 saturated heterocycles. The molecule has 0 bridgehead atoms. The van der Waals surface area contributed by atoms with Gasteiger partial charge in [0.15, 0.2) is 0 Å². The number of aromatic nitrogens is 1. The Morgan fingerprint density at radius 1 is 1.09 bits per heavy atom. The number of fused-ring (bicyclic) bond motifs is 1. The van der Waals surface area contributed by atoms with E-state index in [-0.39, 0.29) is 11.5 Å². The Hall–Kier alpha value is -2.88. The quantitative estimate of drug-likeness (QED) is 0.808. The zero-order chi connectivity index (χ0) is 16.4. The molecule has 4 heteroatoms. The van der Waals surface area contributed by atoms with E-state index >= 15 is 0 Å². The van der Waals surface area contributed by atoms with Crippen LogP contribution < -0.4 is 5.56 Å². The zero-order valence-electron chi connectivity index (χ0n) is 13.2. The fourth-order valence-electron chi connectivity index (χ4n) is 2.65. The minimum Gasteiger partial charge on any atom is -0.337 e. The van der Waals surface area contributed by atoms with Gasteiger partial charge in [0.2, 0.25) is 5.56 Å². The number of rotatable bonds is 3. The average Bonchev–Trinajstić information content (AvgIpc) is 2.54. The molecule has 0 aliphatic heterocycles. The molecule has 0 saturated carbocycles. The van der Waals surface area contributed by atoms with Crippen LogP contribution in [0, 0.1) is 6.92 Å². The molecule has 3 rings (SSSR count). The van der Waals surface area contributed by atoms with Gasteiger partial charge in [-0.2, -0.15) is 0 Å². The summed E-state index contributed by atoms with van der Waals surface area (Å²) in [4.78, 5) is 28.8. The highest BCUT2D eigenvalue weighted by atomic mass is 16.2. The molecule has 4 nitrogen and oxygen atoms in total. The first-order chi connectivity index (χ1) is 11.0. The van der Waals surface area contributed by atoms with Crippen molar-refractivity contribution in [2.45, 2.75) is 13.5 Å². The number of H-pyrrole nitrogens is 1. The zero-order valence-corrected chi connectivity index (χ0v) is 13.2. The number of carbonyl (C=O) groups excluding carboxylic acids is 1. The molecular formula is C19H18N2O2. The van der Waals surface area contributed by atoms with Crippen LogP contribution in [0.5, 0.6) is 0 Å². The van der Waals surface area contributed by atoms with E-state index in [0.29, 0.717) is 12.1 Å². The van der Waals surface area contributed by atoms with Crippen LogP contribution in [0.1, 0.15) is 21.5 Å². The van der Waals surface area contributed by atoms with E-state index in [1.807, 2.05) is 55.5 Å². The third-order valence-electron chi connectivity index (χ3n) is 3.89. The molecule has 0 fully saturated rings. The highest BCUT2D eigenvalue weighted by Crippen LogP contribution is 2.17. The van der Waals surface area contributed by atoms with Gasteiger partial charge in [-0.05, 0) is 30.7 Å². The van der Waals surface area contributed by atoms with Gasteiger partial charge in [-0.1, -0.05) is 35.9 Å². The lowest BCUT2D eigenvalue weighted by atomic mass is 10.1. The number of nitrogens with zero attached hydrogens (tertiary/aromatic N) is 1. The van der Waals surface area contributed by atoms with E-state index < -0.39 is 0 Å². The lowest BCUT2D eigenvalue weighted by Crippen LogP contribution is -2.27. The number of hydrogen-bond donors (Lipinski definition) is 1. The maximum absolute atomic E-state index is 12.5. The number of benzene rings is 2. The second kappa shape index (κ2) is 6.08. The molecular weight excluding hydrogens is 288 g/mol. The Morgan fingerprint density at radius 2 is 1.78 bits per heavy atom. The number of aromatic amines is 1. The second-order valence-corrected chi connectivity index (χ2v) is 5.73. The van der Waals surface area contributed by atoms with E-state index in [1.54, 1.807) is 18.0 Å². The first-order valence-electron chi connectivity index (χ1n) is 7.47. The molecule has 0 spiro atoms. The predicted molar refractivity (Wildman–Crippen MR) is 91.5 cm³/mol. The van der Waals surface area contributed by atoms with E-state index in [1.165, 1.54) is 0 Å². The molecule has 2 aromatic carbocycles. The van der Waals surface area contributed by atoms with Crippen LogP contribution in [0.2, 0.25) is 0 Å². The molecule has 1 heterocycles. The third kappa shape index (κ3) is 3.16. The predicted octanol–water partition coefficient (Wildman–Crippen LogP) is 3.11. The molecule has 1 amide bonds. The van der Waals surface area contributed by atoms with Gasteiger partial charge in [-0.15, -0.1) is 0 Å². The monoisotopic (exact) mass is 306 g/mol. The van der Waals surface area contributed by atoms with Crippen molar-refractivity contribution in [2.24, 2.45) is 0 Å². The van der Waals surface area contributed by atoms with Crippen molar-refractivity contribution >= 4 is 16.8 Å². The highest BCUT2D eigenvalue weighted by Gasteiger charge is 2.13. The minimum atomic E-state index is -0.158. The van der Waals surface area contributed by atoms with Crippen molar-refractivity contribution in [2.75, 3.05) is 7.05 Å². The van der Waals surface area contributed by atoms with Gasteiger partial charge < -0.3 is 9.88 Å². The van der Waals surface area contributed by atoms with Gasteiger partial charge in [0.25, 0.3) is 5.91 Å². The summed E-state index contributed by atoms with van der Waals surface area (Å²) < 4.78 is 0. The van der Waals surface area contributed by atoms with E-state index in [2.05, 4.69) is 4.98 Å². The largest absolute Gasteiger partial charge is 0.337 e. The molecule has 0 aliphatic carbocycles. The number of hydrogen-bond acceptors (Lipinski definition) is 2. The Balaban J connectivity index is 1.91. The van der Waals surface area contributed by atoms with Gasteiger partial charge >= 0.3 is 0 Å². The number of amides is 1. The smallest absolute Gasteiger partial charge is 0.253 e. The van der Waals surface area contributed by atoms with Crippen LogP contribution in [0.3, 0.4) is 0 Å². The van der Waals surface area contributed by atoms with Crippen LogP contribution in [0.15, 0.2) is 59.4 Å². The summed E-state index contributed by atoms with van der Waals surface area (Å²) in [5.74, 6) is -0.0608. The maximum atomic E-state index is 12.5. The van der Waals surface area contributed by atoms with E-state index in [9.17, 15) is 9.59 Å². The second-order valence-electron chi connectivity index (χ2n) is 5.73. The van der Waals surface area contributed by atoms with Crippen molar-refractivity contribution in [1.29, 1.82) is 0 Å². The van der Waals surface area contributed by atoms with Crippen molar-refractivity contribution < 1.29 is 4.79 Å². The number of nitrogens with one attached hydrogen (secondary N) is 1. The molecule has 0 radical (unpaired) electrons. The highest BCUT2D eigenvalue weighted by molar-refractivity contribution is 5.94. The van der Waals surface area contributed by atoms with E-state index in [0.717, 1.165) is 22.0 Å². The lowest BCUT2D eigenvalue weighted by molar-refractivity contribution is 0.0785. The topological polar surface area (TPSA) is 53.2 Å². The average molecular weight is 306 g/mol. The molecule has 1 N–H and O–H groups in total. The molecule has 0 atom stereocenters. The summed E-state index contributed by atoms with van der Waals surface area (Å²) >= 11 is 0. The third-order valence-corrected chi connectivity index (χ3v) is 3.89. The minimum absolute atomic E-state index is 0.0608. The van der Waals surface area contributed by atoms with Crippen molar-refractivity contribution in [3.8, 4) is 0 Å². The van der Waals surface area contributed by atoms with Crippen LogP contribution in [-0.2, 0) is 6.54 Å². The Bertz CT molecular complexity index is 911. The summed E-state index contributed by atoms with van der Waals surface area (Å²) in [5.41, 5.74) is 3.23. The first kappa shape index (κ1) is 15.0. The summed E-state index contributed by atoms with van der Waals surface area (Å²) in [5, 5.41) is 0.954. The summed E-state index contributed by atoms with van der Waals surface area (Å²) in [6.45, 7) is 2.37. The van der Waals surface area contributed by atoms with Crippen LogP contribution >= 0.6 is 0 Å². The number of para-hydroxylation sites is 1. The molecule has 1 aromatic heterocycles. The molecule has 23 heavy (non-hydrogen) atoms. The maximum Gasteiger partial charge on any atom is 0.253 e. The van der Waals surface area contributed by atoms with Crippen molar-refractivity contribution in [1.82, 2.24) is 9.88 Å². The number of aryl methyl sites for hydroxylation is 1. The summed E-state index contributed by atoms with van der Waals surface area (Å²) in [7, 11) is 1.75. The Kier molecular flexibility index (Phi) is 3.98. The van der Waals surface area contributed by atoms with Gasteiger partial charge in [-0.25, -0.2) is 0 Å². The van der Waals surface area contributed by atoms with Crippen LogP contribution in [0.4, 0.5) is 0 Å². The van der Waals surface area contributed by atoms with Gasteiger partial charge in [0, 0.05) is 36.1 Å². The number of carbonyl (C=O) groups is 1. The standard InChI is InChI=1S/C19H18N2O2/c1-13-7-9-14(10-8-13)19(23)21(2)12-15-11-18(22)20-17-6-4-3-5-16(15)17/h3-11H,12H2,1-2H3,(H,20,22). The van der Waals surface area contributed by atoms with Crippen molar-refractivity contribution in [3.05, 3.63) is 81.6 Å². The van der Waals surface area contributed by atoms with Crippen molar-refractivity contribution in [3.63, 3.8) is 0 Å². The fraction of sp³-hybridized carbons (Fsp3) is 0.158. The fourth-order valence-corrected chi connectivity index (χ4v) is 2.65.